The van der Waals surface area contributed by atoms with Crippen LogP contribution in [0.2, 0.25) is 0 Å². The fourth-order valence-electron chi connectivity index (χ4n) is 2.55. The number of nitrogens with zero attached hydrogens (tertiary/aromatic N) is 1. The highest BCUT2D eigenvalue weighted by atomic mass is 15.1. The zero-order valence-corrected chi connectivity index (χ0v) is 10.6. The molecular formula is C14H27N. The van der Waals surface area contributed by atoms with Gasteiger partial charge in [-0.3, -0.25) is 4.90 Å². The molecule has 0 aromatic rings. The maximum atomic E-state index is 4.17. The maximum Gasteiger partial charge on any atom is 0.0301 e. The third-order valence-electron chi connectivity index (χ3n) is 3.59. The first-order valence-corrected chi connectivity index (χ1v) is 6.63. The first-order chi connectivity index (χ1) is 7.25. The fourth-order valence-corrected chi connectivity index (χ4v) is 2.55. The van der Waals surface area contributed by atoms with Gasteiger partial charge in [0.05, 0.1) is 0 Å². The highest BCUT2D eigenvalue weighted by Crippen LogP contribution is 2.27. The molecule has 0 aliphatic heterocycles. The van der Waals surface area contributed by atoms with Gasteiger partial charge in [0.15, 0.2) is 0 Å². The van der Waals surface area contributed by atoms with Gasteiger partial charge in [0, 0.05) is 6.04 Å². The van der Waals surface area contributed by atoms with Gasteiger partial charge in [0.1, 0.15) is 0 Å². The normalized spacial score (nSPS) is 21.5. The molecule has 0 heterocycles. The number of hydrogen-bond acceptors (Lipinski definition) is 1. The zero-order valence-electron chi connectivity index (χ0n) is 10.6. The summed E-state index contributed by atoms with van der Waals surface area (Å²) in [5.74, 6) is 0. The Kier molecular flexibility index (Phi) is 6.00. The van der Waals surface area contributed by atoms with Crippen molar-refractivity contribution in [2.24, 2.45) is 0 Å². The van der Waals surface area contributed by atoms with Gasteiger partial charge in [0.2, 0.25) is 0 Å². The second-order valence-corrected chi connectivity index (χ2v) is 4.96. The summed E-state index contributed by atoms with van der Waals surface area (Å²) in [6.07, 6.45) is 10.9. The highest BCUT2D eigenvalue weighted by molar-refractivity contribution is 5.10. The molecule has 1 fully saturated rings. The molecule has 1 aliphatic rings. The van der Waals surface area contributed by atoms with E-state index >= 15 is 0 Å². The Morgan fingerprint density at radius 3 is 2.60 bits per heavy atom. The topological polar surface area (TPSA) is 3.24 Å². The van der Waals surface area contributed by atoms with E-state index in [1.54, 1.807) is 0 Å². The number of hydrogen-bond donors (Lipinski definition) is 0. The van der Waals surface area contributed by atoms with Crippen LogP contribution in [0.1, 0.15) is 58.3 Å². The van der Waals surface area contributed by atoms with E-state index in [-0.39, 0.29) is 0 Å². The lowest BCUT2D eigenvalue weighted by Crippen LogP contribution is -2.31. The monoisotopic (exact) mass is 209 g/mol. The van der Waals surface area contributed by atoms with Gasteiger partial charge in [0.25, 0.3) is 0 Å². The molecule has 88 valence electrons. The average Bonchev–Trinajstić information content (AvgIpc) is 2.64. The van der Waals surface area contributed by atoms with E-state index in [0.717, 1.165) is 0 Å². The molecule has 0 amide bonds. The molecule has 1 saturated carbocycles. The van der Waals surface area contributed by atoms with E-state index in [9.17, 15) is 0 Å². The van der Waals surface area contributed by atoms with Crippen molar-refractivity contribution in [2.45, 2.75) is 64.3 Å². The summed E-state index contributed by atoms with van der Waals surface area (Å²) in [6.45, 7) is 7.70. The Labute approximate surface area is 95.5 Å². The Bertz CT molecular complexity index is 186. The van der Waals surface area contributed by atoms with Crippen LogP contribution in [0.5, 0.6) is 0 Å². The van der Waals surface area contributed by atoms with E-state index in [4.69, 9.17) is 0 Å². The van der Waals surface area contributed by atoms with E-state index in [2.05, 4.69) is 25.5 Å². The van der Waals surface area contributed by atoms with Crippen molar-refractivity contribution in [2.75, 3.05) is 13.6 Å². The van der Waals surface area contributed by atoms with E-state index < -0.39 is 0 Å². The molecule has 1 heteroatoms. The van der Waals surface area contributed by atoms with Gasteiger partial charge in [-0.2, -0.15) is 0 Å². The molecule has 15 heavy (non-hydrogen) atoms. The van der Waals surface area contributed by atoms with Crippen molar-refractivity contribution in [3.05, 3.63) is 12.2 Å². The Hall–Kier alpha value is -0.300. The quantitative estimate of drug-likeness (QED) is 0.452. The summed E-state index contributed by atoms with van der Waals surface area (Å²) in [4.78, 5) is 2.52. The zero-order chi connectivity index (χ0) is 11.1. The molecule has 1 atom stereocenters. The van der Waals surface area contributed by atoms with E-state index in [0.29, 0.717) is 6.04 Å². The number of rotatable bonds is 7. The van der Waals surface area contributed by atoms with Gasteiger partial charge in [-0.1, -0.05) is 44.8 Å². The Morgan fingerprint density at radius 1 is 1.27 bits per heavy atom. The molecular weight excluding hydrogens is 182 g/mol. The van der Waals surface area contributed by atoms with Crippen LogP contribution in [-0.2, 0) is 0 Å². The minimum atomic E-state index is 0.691. The van der Waals surface area contributed by atoms with E-state index in [1.807, 2.05) is 0 Å². The highest BCUT2D eigenvalue weighted by Gasteiger charge is 2.22. The van der Waals surface area contributed by atoms with E-state index in [1.165, 1.54) is 63.5 Å². The predicted octanol–water partition coefficient (Wildman–Crippen LogP) is 4.00. The van der Waals surface area contributed by atoms with Crippen LogP contribution < -0.4 is 0 Å². The molecule has 0 aromatic carbocycles. The molecule has 0 saturated heterocycles. The first-order valence-electron chi connectivity index (χ1n) is 6.63. The molecule has 1 nitrogen and oxygen atoms in total. The average molecular weight is 209 g/mol. The summed E-state index contributed by atoms with van der Waals surface area (Å²) in [5, 5.41) is 0. The lowest BCUT2D eigenvalue weighted by molar-refractivity contribution is 0.268. The van der Waals surface area contributed by atoms with Gasteiger partial charge in [-0.15, -0.1) is 0 Å². The van der Waals surface area contributed by atoms with Crippen LogP contribution in [0.3, 0.4) is 0 Å². The largest absolute Gasteiger partial charge is 0.300 e. The smallest absolute Gasteiger partial charge is 0.0301 e. The van der Waals surface area contributed by atoms with Crippen molar-refractivity contribution in [3.63, 3.8) is 0 Å². The molecule has 0 N–H and O–H groups in total. The van der Waals surface area contributed by atoms with Gasteiger partial charge < -0.3 is 0 Å². The van der Waals surface area contributed by atoms with Gasteiger partial charge in [-0.05, 0) is 39.3 Å². The molecule has 0 aromatic heterocycles. The lowest BCUT2D eigenvalue weighted by Gasteiger charge is -2.25. The van der Waals surface area contributed by atoms with Gasteiger partial charge in [-0.25, -0.2) is 0 Å². The van der Waals surface area contributed by atoms with Crippen molar-refractivity contribution in [1.82, 2.24) is 4.90 Å². The van der Waals surface area contributed by atoms with Crippen LogP contribution in [-0.4, -0.2) is 24.5 Å². The summed E-state index contributed by atoms with van der Waals surface area (Å²) >= 11 is 0. The summed E-state index contributed by atoms with van der Waals surface area (Å²) in [5.41, 5.74) is 1.46. The minimum absolute atomic E-state index is 0.691. The summed E-state index contributed by atoms with van der Waals surface area (Å²) < 4.78 is 0. The first kappa shape index (κ1) is 12.8. The second kappa shape index (κ2) is 7.05. The third-order valence-corrected chi connectivity index (χ3v) is 3.59. The third kappa shape index (κ3) is 4.38. The second-order valence-electron chi connectivity index (χ2n) is 4.96. The van der Waals surface area contributed by atoms with Crippen molar-refractivity contribution in [1.29, 1.82) is 0 Å². The minimum Gasteiger partial charge on any atom is -0.300 e. The lowest BCUT2D eigenvalue weighted by atomic mass is 10.1. The van der Waals surface area contributed by atoms with Crippen LogP contribution in [0.4, 0.5) is 0 Å². The van der Waals surface area contributed by atoms with Crippen molar-refractivity contribution >= 4 is 0 Å². The Morgan fingerprint density at radius 2 is 2.00 bits per heavy atom. The number of likely N-dealkylation sites (N-methyl/N-ethyl adjacent to an activating group) is 1. The van der Waals surface area contributed by atoms with Crippen LogP contribution >= 0.6 is 0 Å². The SMILES string of the molecule is C=C1CCC[C@H]1N(C)CCCCCCC. The standard InChI is InChI=1S/C14H27N/c1-4-5-6-7-8-12-15(3)14-11-9-10-13(14)2/h14H,2,4-12H2,1,3H3/t14-/m1/s1. The van der Waals surface area contributed by atoms with Gasteiger partial charge >= 0.3 is 0 Å². The summed E-state index contributed by atoms with van der Waals surface area (Å²) in [7, 11) is 2.26. The van der Waals surface area contributed by atoms with Crippen molar-refractivity contribution in [3.8, 4) is 0 Å². The number of unbranched alkanes of at least 4 members (excludes halogenated alkanes) is 4. The van der Waals surface area contributed by atoms with Crippen molar-refractivity contribution < 1.29 is 0 Å². The molecule has 1 rings (SSSR count). The summed E-state index contributed by atoms with van der Waals surface area (Å²) in [6, 6.07) is 0.691. The molecule has 0 bridgehead atoms. The van der Waals surface area contributed by atoms with Crippen LogP contribution in [0.15, 0.2) is 12.2 Å². The van der Waals surface area contributed by atoms with Crippen LogP contribution in [0, 0.1) is 0 Å². The molecule has 1 aliphatic carbocycles. The predicted molar refractivity (Wildman–Crippen MR) is 68.2 cm³/mol. The molecule has 0 unspecified atom stereocenters. The molecule has 0 spiro atoms. The maximum absolute atomic E-state index is 4.17. The Balaban J connectivity index is 2.07. The molecule has 0 radical (unpaired) electrons. The van der Waals surface area contributed by atoms with Crippen LogP contribution in [0.25, 0.3) is 0 Å². The fraction of sp³-hybridized carbons (Fsp3) is 0.857.